The van der Waals surface area contributed by atoms with E-state index in [4.69, 9.17) is 16.3 Å². The maximum Gasteiger partial charge on any atom is 0.350 e. The van der Waals surface area contributed by atoms with E-state index in [0.717, 1.165) is 15.8 Å². The Morgan fingerprint density at radius 1 is 1.30 bits per heavy atom. The number of carbonyl (C=O) groups is 1. The van der Waals surface area contributed by atoms with Crippen molar-refractivity contribution in [3.05, 3.63) is 78.8 Å². The van der Waals surface area contributed by atoms with E-state index in [-0.39, 0.29) is 22.1 Å². The average Bonchev–Trinajstić information content (AvgIpc) is 2.96. The van der Waals surface area contributed by atoms with E-state index in [0.29, 0.717) is 21.4 Å². The minimum Gasteiger partial charge on any atom is -0.455 e. The fraction of sp³-hybridized carbons (Fsp3) is 0.0556. The third-order valence-electron chi connectivity index (χ3n) is 3.80. The van der Waals surface area contributed by atoms with Gasteiger partial charge in [-0.15, -0.1) is 11.3 Å². The zero-order chi connectivity index (χ0) is 19.1. The number of hydrogen-bond donors (Lipinski definition) is 0. The van der Waals surface area contributed by atoms with Gasteiger partial charge in [-0.25, -0.2) is 14.2 Å². The van der Waals surface area contributed by atoms with Crippen LogP contribution < -0.4 is 5.56 Å². The van der Waals surface area contributed by atoms with Gasteiger partial charge in [0.1, 0.15) is 22.9 Å². The van der Waals surface area contributed by atoms with Crippen LogP contribution in [0.4, 0.5) is 4.39 Å². The van der Waals surface area contributed by atoms with Gasteiger partial charge in [-0.05, 0) is 46.3 Å². The van der Waals surface area contributed by atoms with Crippen LogP contribution in [-0.4, -0.2) is 15.4 Å². The average molecular weight is 468 g/mol. The van der Waals surface area contributed by atoms with Crippen molar-refractivity contribution < 1.29 is 13.9 Å². The molecule has 0 amide bonds. The second-order valence-electron chi connectivity index (χ2n) is 5.62. The maximum atomic E-state index is 13.3. The number of nitrogens with zero attached hydrogens (tertiary/aromatic N) is 2. The summed E-state index contributed by atoms with van der Waals surface area (Å²) < 4.78 is 21.3. The molecular formula is C18H9BrClFN2O3S. The van der Waals surface area contributed by atoms with Crippen LogP contribution in [0.15, 0.2) is 51.9 Å². The number of aromatic nitrogens is 2. The number of carbonyl (C=O) groups excluding carboxylic acids is 1. The van der Waals surface area contributed by atoms with Crippen molar-refractivity contribution in [2.45, 2.75) is 6.61 Å². The quantitative estimate of drug-likeness (QED) is 0.405. The van der Waals surface area contributed by atoms with Crippen LogP contribution in [0.1, 0.15) is 15.4 Å². The molecule has 0 N–H and O–H groups in total. The molecule has 3 heterocycles. The first-order chi connectivity index (χ1) is 12.9. The van der Waals surface area contributed by atoms with Gasteiger partial charge in [0.05, 0.1) is 10.7 Å². The molecule has 0 spiro atoms. The van der Waals surface area contributed by atoms with Crippen molar-refractivity contribution >= 4 is 60.6 Å². The molecular weight excluding hydrogens is 459 g/mol. The van der Waals surface area contributed by atoms with Gasteiger partial charge < -0.3 is 4.74 Å². The summed E-state index contributed by atoms with van der Waals surface area (Å²) in [6.07, 6.45) is 1.61. The summed E-state index contributed by atoms with van der Waals surface area (Å²) in [5.41, 5.74) is 0.466. The predicted octanol–water partition coefficient (Wildman–Crippen LogP) is 4.82. The van der Waals surface area contributed by atoms with Crippen molar-refractivity contribution in [2.24, 2.45) is 0 Å². The van der Waals surface area contributed by atoms with Crippen LogP contribution in [0.5, 0.6) is 0 Å². The number of rotatable bonds is 3. The van der Waals surface area contributed by atoms with Gasteiger partial charge in [0.25, 0.3) is 5.56 Å². The molecule has 0 saturated heterocycles. The summed E-state index contributed by atoms with van der Waals surface area (Å²) in [6, 6.07) is 8.84. The summed E-state index contributed by atoms with van der Waals surface area (Å²) in [5, 5.41) is 0.805. The molecule has 4 aromatic rings. The molecule has 0 saturated carbocycles. The Hall–Kier alpha value is -2.29. The van der Waals surface area contributed by atoms with Gasteiger partial charge in [0.15, 0.2) is 0 Å². The highest BCUT2D eigenvalue weighted by atomic mass is 79.9. The molecule has 0 fully saturated rings. The first-order valence-corrected chi connectivity index (χ1v) is 9.63. The molecule has 5 nitrogen and oxygen atoms in total. The topological polar surface area (TPSA) is 60.7 Å². The first kappa shape index (κ1) is 18.1. The molecule has 0 bridgehead atoms. The van der Waals surface area contributed by atoms with Crippen molar-refractivity contribution in [1.82, 2.24) is 9.38 Å². The lowest BCUT2D eigenvalue weighted by molar-refractivity contribution is 0.0474. The maximum absolute atomic E-state index is 13.3. The van der Waals surface area contributed by atoms with Crippen LogP contribution in [0.25, 0.3) is 15.7 Å². The molecule has 0 aliphatic carbocycles. The lowest BCUT2D eigenvalue weighted by atomic mass is 10.2. The van der Waals surface area contributed by atoms with Gasteiger partial charge in [-0.3, -0.25) is 9.20 Å². The molecule has 0 aliphatic heterocycles. The summed E-state index contributed by atoms with van der Waals surface area (Å²) in [5.74, 6) is -1.06. The lowest BCUT2D eigenvalue weighted by Crippen LogP contribution is -2.16. The van der Waals surface area contributed by atoms with E-state index >= 15 is 0 Å². The van der Waals surface area contributed by atoms with Crippen LogP contribution in [0, 0.1) is 5.82 Å². The van der Waals surface area contributed by atoms with Gasteiger partial charge in [0, 0.05) is 26.8 Å². The fourth-order valence-electron chi connectivity index (χ4n) is 2.58. The second kappa shape index (κ2) is 7.03. The third-order valence-corrected chi connectivity index (χ3v) is 5.91. The number of halogens is 3. The number of pyridine rings is 1. The van der Waals surface area contributed by atoms with Crippen LogP contribution >= 0.6 is 38.9 Å². The molecule has 0 atom stereocenters. The van der Waals surface area contributed by atoms with E-state index in [9.17, 15) is 14.0 Å². The normalized spacial score (nSPS) is 11.2. The summed E-state index contributed by atoms with van der Waals surface area (Å²) in [7, 11) is 0. The van der Waals surface area contributed by atoms with Crippen LogP contribution in [-0.2, 0) is 11.3 Å². The summed E-state index contributed by atoms with van der Waals surface area (Å²) in [4.78, 5) is 29.0. The Labute approximate surface area is 169 Å². The monoisotopic (exact) mass is 466 g/mol. The Kier molecular flexibility index (Phi) is 4.71. The van der Waals surface area contributed by atoms with Crippen molar-refractivity contribution in [3.63, 3.8) is 0 Å². The molecule has 0 aliphatic rings. The number of ether oxygens (including phenoxy) is 1. The highest BCUT2D eigenvalue weighted by Gasteiger charge is 2.19. The molecule has 4 rings (SSSR count). The highest BCUT2D eigenvalue weighted by molar-refractivity contribution is 9.10. The number of esters is 1. The smallest absolute Gasteiger partial charge is 0.350 e. The second-order valence-corrected chi connectivity index (χ2v) is 7.97. The predicted molar refractivity (Wildman–Crippen MR) is 105 cm³/mol. The molecule has 0 unspecified atom stereocenters. The SMILES string of the molecule is O=C(OCc1cc(=O)n2cc(Br)ccc2n1)c1sc2cc(F)ccc2c1Cl. The Balaban J connectivity index is 1.59. The molecule has 1 aromatic carbocycles. The van der Waals surface area contributed by atoms with Crippen molar-refractivity contribution in [3.8, 4) is 0 Å². The highest BCUT2D eigenvalue weighted by Crippen LogP contribution is 2.36. The van der Waals surface area contributed by atoms with Crippen molar-refractivity contribution in [1.29, 1.82) is 0 Å². The van der Waals surface area contributed by atoms with E-state index < -0.39 is 11.8 Å². The Morgan fingerprint density at radius 2 is 2.11 bits per heavy atom. The van der Waals surface area contributed by atoms with E-state index in [2.05, 4.69) is 20.9 Å². The molecule has 0 radical (unpaired) electrons. The molecule has 9 heteroatoms. The largest absolute Gasteiger partial charge is 0.455 e. The first-order valence-electron chi connectivity index (χ1n) is 7.65. The van der Waals surface area contributed by atoms with Gasteiger partial charge >= 0.3 is 5.97 Å². The number of hydrogen-bond acceptors (Lipinski definition) is 5. The number of benzene rings is 1. The van der Waals surface area contributed by atoms with E-state index in [1.807, 2.05) is 0 Å². The fourth-order valence-corrected chi connectivity index (χ4v) is 4.34. The minimum absolute atomic E-state index is 0.179. The van der Waals surface area contributed by atoms with Crippen LogP contribution in [0.3, 0.4) is 0 Å². The van der Waals surface area contributed by atoms with Gasteiger partial charge in [-0.1, -0.05) is 11.6 Å². The zero-order valence-corrected chi connectivity index (χ0v) is 16.6. The van der Waals surface area contributed by atoms with Crippen LogP contribution in [0.2, 0.25) is 5.02 Å². The standard InChI is InChI=1S/C18H9BrClFN2O3S/c19-9-1-4-14-22-11(6-15(24)23(14)7-9)8-26-18(25)17-16(20)12-3-2-10(21)5-13(12)27-17/h1-7H,8H2. The number of thiophene rings is 1. The third kappa shape index (κ3) is 3.47. The Morgan fingerprint density at radius 3 is 2.93 bits per heavy atom. The minimum atomic E-state index is -0.653. The van der Waals surface area contributed by atoms with E-state index in [1.54, 1.807) is 18.3 Å². The summed E-state index contributed by atoms with van der Waals surface area (Å²) in [6.45, 7) is -0.181. The zero-order valence-electron chi connectivity index (χ0n) is 13.4. The summed E-state index contributed by atoms with van der Waals surface area (Å²) >= 11 is 10.6. The van der Waals surface area contributed by atoms with Gasteiger partial charge in [-0.2, -0.15) is 0 Å². The number of fused-ring (bicyclic) bond motifs is 2. The molecule has 27 heavy (non-hydrogen) atoms. The molecule has 3 aromatic heterocycles. The Bertz CT molecular complexity index is 1270. The van der Waals surface area contributed by atoms with Crippen molar-refractivity contribution in [2.75, 3.05) is 0 Å². The van der Waals surface area contributed by atoms with Gasteiger partial charge in [0.2, 0.25) is 0 Å². The lowest BCUT2D eigenvalue weighted by Gasteiger charge is -2.06. The van der Waals surface area contributed by atoms with E-state index in [1.165, 1.54) is 28.7 Å². The molecule has 136 valence electrons.